The molecule has 0 spiro atoms. The maximum atomic E-state index is 11.5. The summed E-state index contributed by atoms with van der Waals surface area (Å²) in [5, 5.41) is 13.6. The molecule has 0 aliphatic carbocycles. The van der Waals surface area contributed by atoms with Crippen LogP contribution in [-0.2, 0) is 9.84 Å². The van der Waals surface area contributed by atoms with Gasteiger partial charge in [0.25, 0.3) is 0 Å². The van der Waals surface area contributed by atoms with Crippen molar-refractivity contribution in [3.63, 3.8) is 0 Å². The molecular weight excluding hydrogens is 272 g/mol. The van der Waals surface area contributed by atoms with Crippen LogP contribution in [0.2, 0.25) is 0 Å². The Morgan fingerprint density at radius 3 is 2.68 bits per heavy atom. The summed E-state index contributed by atoms with van der Waals surface area (Å²) in [4.78, 5) is 13.9. The molecule has 104 valence electrons. The fraction of sp³-hybridized carbons (Fsp3) is 0.500. The van der Waals surface area contributed by atoms with Crippen LogP contribution in [0.5, 0.6) is 0 Å². The summed E-state index contributed by atoms with van der Waals surface area (Å²) in [6.07, 6.45) is 0.466. The molecule has 19 heavy (non-hydrogen) atoms. The van der Waals surface area contributed by atoms with Crippen molar-refractivity contribution in [3.8, 4) is 0 Å². The number of nitro groups is 1. The molecule has 3 N–H and O–H groups in total. The second kappa shape index (κ2) is 4.34. The molecule has 1 unspecified atom stereocenters. The van der Waals surface area contributed by atoms with E-state index in [1.54, 1.807) is 6.92 Å². The molecule has 0 radical (unpaired) electrons. The second-order valence-electron chi connectivity index (χ2n) is 4.89. The van der Waals surface area contributed by atoms with Crippen molar-refractivity contribution in [2.75, 3.05) is 22.6 Å². The first-order valence-electron chi connectivity index (χ1n) is 5.60. The van der Waals surface area contributed by atoms with Crippen molar-refractivity contribution in [3.05, 3.63) is 22.2 Å². The van der Waals surface area contributed by atoms with Crippen molar-refractivity contribution < 1.29 is 13.3 Å². The Kier molecular flexibility index (Phi) is 3.09. The first-order valence-corrected chi connectivity index (χ1v) is 7.42. The maximum absolute atomic E-state index is 11.5. The highest BCUT2D eigenvalue weighted by Gasteiger charge is 2.38. The summed E-state index contributed by atoms with van der Waals surface area (Å²) in [6.45, 7) is 1.77. The number of hydrogen-bond acceptors (Lipinski definition) is 7. The Labute approximate surface area is 110 Å². The number of pyridine rings is 1. The van der Waals surface area contributed by atoms with Gasteiger partial charge in [-0.3, -0.25) is 10.1 Å². The second-order valence-corrected chi connectivity index (χ2v) is 7.07. The lowest BCUT2D eigenvalue weighted by Crippen LogP contribution is -2.36. The third-order valence-electron chi connectivity index (χ3n) is 3.03. The molecule has 1 aliphatic heterocycles. The topological polar surface area (TPSA) is 128 Å². The van der Waals surface area contributed by atoms with Gasteiger partial charge in [-0.25, -0.2) is 13.4 Å². The third kappa shape index (κ3) is 2.92. The Bertz CT molecular complexity index is 630. The molecule has 1 atom stereocenters. The van der Waals surface area contributed by atoms with Crippen LogP contribution < -0.4 is 11.1 Å². The fourth-order valence-electron chi connectivity index (χ4n) is 2.11. The summed E-state index contributed by atoms with van der Waals surface area (Å²) in [5.74, 6) is 0.277. The molecule has 1 aromatic heterocycles. The van der Waals surface area contributed by atoms with Gasteiger partial charge in [0.2, 0.25) is 5.82 Å². The zero-order valence-electron chi connectivity index (χ0n) is 10.3. The number of anilines is 2. The lowest BCUT2D eigenvalue weighted by atomic mass is 10.0. The van der Waals surface area contributed by atoms with Crippen LogP contribution in [0.15, 0.2) is 12.1 Å². The van der Waals surface area contributed by atoms with E-state index >= 15 is 0 Å². The van der Waals surface area contributed by atoms with Crippen molar-refractivity contribution in [1.29, 1.82) is 0 Å². The van der Waals surface area contributed by atoms with Crippen LogP contribution >= 0.6 is 0 Å². The smallest absolute Gasteiger partial charge is 0.311 e. The van der Waals surface area contributed by atoms with Gasteiger partial charge in [0, 0.05) is 6.07 Å². The number of nitrogens with two attached hydrogens (primary N) is 1. The van der Waals surface area contributed by atoms with Crippen molar-refractivity contribution in [2.45, 2.75) is 18.9 Å². The van der Waals surface area contributed by atoms with Gasteiger partial charge in [-0.15, -0.1) is 0 Å². The highest BCUT2D eigenvalue weighted by molar-refractivity contribution is 7.91. The van der Waals surface area contributed by atoms with Gasteiger partial charge in [-0.05, 0) is 19.4 Å². The monoisotopic (exact) mass is 286 g/mol. The third-order valence-corrected chi connectivity index (χ3v) is 4.94. The Balaban J connectivity index is 2.21. The molecule has 1 fully saturated rings. The molecule has 0 aromatic carbocycles. The van der Waals surface area contributed by atoms with E-state index in [0.717, 1.165) is 0 Å². The Morgan fingerprint density at radius 2 is 2.21 bits per heavy atom. The summed E-state index contributed by atoms with van der Waals surface area (Å²) in [6, 6.07) is 2.67. The largest absolute Gasteiger partial charge is 0.378 e. The zero-order valence-corrected chi connectivity index (χ0v) is 11.1. The number of nitrogens with zero attached hydrogens (tertiary/aromatic N) is 2. The van der Waals surface area contributed by atoms with E-state index in [0.29, 0.717) is 12.2 Å². The molecule has 1 aliphatic rings. The number of rotatable bonds is 3. The van der Waals surface area contributed by atoms with Crippen molar-refractivity contribution in [1.82, 2.24) is 4.98 Å². The fourth-order valence-corrected chi connectivity index (χ4v) is 4.20. The molecule has 2 heterocycles. The molecule has 2 rings (SSSR count). The van der Waals surface area contributed by atoms with Gasteiger partial charge in [0.15, 0.2) is 9.84 Å². The molecule has 0 bridgehead atoms. The minimum atomic E-state index is -3.04. The summed E-state index contributed by atoms with van der Waals surface area (Å²) >= 11 is 0. The SMILES string of the molecule is CC1(Nc2ccc([N+](=O)[O-])c(N)n2)CCS(=O)(=O)C1. The number of nitrogens with one attached hydrogen (secondary N) is 1. The Morgan fingerprint density at radius 1 is 1.53 bits per heavy atom. The van der Waals surface area contributed by atoms with Crippen molar-refractivity contribution >= 4 is 27.2 Å². The molecular formula is C10H14N4O4S. The van der Waals surface area contributed by atoms with E-state index < -0.39 is 20.3 Å². The zero-order chi connectivity index (χ0) is 14.3. The Hall–Kier alpha value is -1.90. The standard InChI is InChI=1S/C10H14N4O4S/c1-10(4-5-19(17,18)6-10)13-8-3-2-7(14(15)16)9(11)12-8/h2-3H,4-6H2,1H3,(H3,11,12,13). The van der Waals surface area contributed by atoms with E-state index in [1.165, 1.54) is 12.1 Å². The summed E-state index contributed by atoms with van der Waals surface area (Å²) in [5.41, 5.74) is 4.60. The predicted molar refractivity (Wildman–Crippen MR) is 70.6 cm³/mol. The van der Waals surface area contributed by atoms with Crippen LogP contribution in [0.25, 0.3) is 0 Å². The number of hydrogen-bond donors (Lipinski definition) is 2. The molecule has 1 saturated heterocycles. The van der Waals surface area contributed by atoms with E-state index in [1.807, 2.05) is 0 Å². The van der Waals surface area contributed by atoms with Crippen LogP contribution in [-0.4, -0.2) is 35.4 Å². The average molecular weight is 286 g/mol. The summed E-state index contributed by atoms with van der Waals surface area (Å²) in [7, 11) is -3.04. The normalized spacial score (nSPS) is 25.1. The highest BCUT2D eigenvalue weighted by atomic mass is 32.2. The van der Waals surface area contributed by atoms with E-state index in [2.05, 4.69) is 10.3 Å². The van der Waals surface area contributed by atoms with Gasteiger partial charge in [0.05, 0.1) is 22.0 Å². The van der Waals surface area contributed by atoms with Gasteiger partial charge in [-0.1, -0.05) is 0 Å². The molecule has 8 nitrogen and oxygen atoms in total. The first kappa shape index (κ1) is 13.5. The minimum Gasteiger partial charge on any atom is -0.378 e. The number of sulfone groups is 1. The lowest BCUT2D eigenvalue weighted by molar-refractivity contribution is -0.384. The van der Waals surface area contributed by atoms with E-state index in [-0.39, 0.29) is 23.0 Å². The van der Waals surface area contributed by atoms with Gasteiger partial charge in [-0.2, -0.15) is 0 Å². The molecule has 0 saturated carbocycles. The van der Waals surface area contributed by atoms with Crippen LogP contribution in [0.1, 0.15) is 13.3 Å². The lowest BCUT2D eigenvalue weighted by Gasteiger charge is -2.24. The van der Waals surface area contributed by atoms with Gasteiger partial charge in [0.1, 0.15) is 5.82 Å². The molecule has 0 amide bonds. The molecule has 9 heteroatoms. The highest BCUT2D eigenvalue weighted by Crippen LogP contribution is 2.28. The van der Waals surface area contributed by atoms with Gasteiger partial charge < -0.3 is 11.1 Å². The molecule has 1 aromatic rings. The predicted octanol–water partition coefficient (Wildman–Crippen LogP) is 0.561. The average Bonchev–Trinajstić information content (AvgIpc) is 2.52. The first-order chi connectivity index (χ1) is 8.71. The quantitative estimate of drug-likeness (QED) is 0.613. The van der Waals surface area contributed by atoms with Crippen LogP contribution in [0.3, 0.4) is 0 Å². The summed E-state index contributed by atoms with van der Waals surface area (Å²) < 4.78 is 22.9. The maximum Gasteiger partial charge on any atom is 0.311 e. The van der Waals surface area contributed by atoms with Crippen molar-refractivity contribution in [2.24, 2.45) is 0 Å². The van der Waals surface area contributed by atoms with E-state index in [9.17, 15) is 18.5 Å². The minimum absolute atomic E-state index is 0.0125. The number of nitrogen functional groups attached to an aromatic ring is 1. The van der Waals surface area contributed by atoms with Crippen LogP contribution in [0, 0.1) is 10.1 Å². The van der Waals surface area contributed by atoms with E-state index in [4.69, 9.17) is 5.73 Å². The van der Waals surface area contributed by atoms with Crippen LogP contribution in [0.4, 0.5) is 17.3 Å². The number of aromatic nitrogens is 1. The van der Waals surface area contributed by atoms with Gasteiger partial charge >= 0.3 is 5.69 Å².